The lowest BCUT2D eigenvalue weighted by Crippen LogP contribution is -2.02. The van der Waals surface area contributed by atoms with E-state index in [4.69, 9.17) is 10.00 Å². The molecule has 0 spiro atoms. The van der Waals surface area contributed by atoms with Crippen molar-refractivity contribution in [1.82, 2.24) is 14.4 Å². The summed E-state index contributed by atoms with van der Waals surface area (Å²) in [6, 6.07) is 17.0. The van der Waals surface area contributed by atoms with Crippen molar-refractivity contribution in [3.05, 3.63) is 72.1 Å². The molecule has 0 bridgehead atoms. The molecule has 6 heteroatoms. The van der Waals surface area contributed by atoms with Crippen LogP contribution in [0.2, 0.25) is 0 Å². The Hall–Kier alpha value is -3.98. The van der Waals surface area contributed by atoms with Gasteiger partial charge in [0, 0.05) is 23.5 Å². The van der Waals surface area contributed by atoms with E-state index in [0.29, 0.717) is 28.5 Å². The number of fused-ring (bicyclic) bond motifs is 1. The maximum atomic E-state index is 11.0. The highest BCUT2D eigenvalue weighted by Gasteiger charge is 2.18. The van der Waals surface area contributed by atoms with E-state index in [0.717, 1.165) is 23.0 Å². The first-order valence-corrected chi connectivity index (χ1v) is 8.22. The van der Waals surface area contributed by atoms with Gasteiger partial charge >= 0.3 is 6.01 Å². The molecule has 0 saturated carbocycles. The van der Waals surface area contributed by atoms with E-state index in [1.54, 1.807) is 48.2 Å². The van der Waals surface area contributed by atoms with Gasteiger partial charge in [0.25, 0.3) is 0 Å². The van der Waals surface area contributed by atoms with E-state index in [2.05, 4.69) is 16.0 Å². The van der Waals surface area contributed by atoms with Gasteiger partial charge in [-0.1, -0.05) is 36.4 Å². The number of hydrogen-bond donors (Lipinski definition) is 0. The van der Waals surface area contributed by atoms with Gasteiger partial charge in [-0.2, -0.15) is 10.2 Å². The lowest BCUT2D eigenvalue weighted by molar-refractivity contribution is 0.112. The summed E-state index contributed by atoms with van der Waals surface area (Å²) < 4.78 is 7.21. The Morgan fingerprint density at radius 3 is 2.41 bits per heavy atom. The Bertz CT molecular complexity index is 1170. The molecular weight excluding hydrogens is 340 g/mol. The zero-order valence-corrected chi connectivity index (χ0v) is 14.5. The molecular formula is C21H14N4O2. The zero-order chi connectivity index (χ0) is 18.8. The van der Waals surface area contributed by atoms with E-state index in [1.807, 2.05) is 24.3 Å². The second-order valence-corrected chi connectivity index (χ2v) is 5.87. The van der Waals surface area contributed by atoms with Gasteiger partial charge in [-0.05, 0) is 17.7 Å². The predicted molar refractivity (Wildman–Crippen MR) is 101 cm³/mol. The van der Waals surface area contributed by atoms with Crippen LogP contribution in [0.1, 0.15) is 15.9 Å². The van der Waals surface area contributed by atoms with Crippen molar-refractivity contribution in [1.29, 1.82) is 5.26 Å². The second kappa shape index (κ2) is 6.73. The van der Waals surface area contributed by atoms with Crippen LogP contribution in [0.4, 0.5) is 0 Å². The average Bonchev–Trinajstić information content (AvgIpc) is 3.22. The molecule has 2 aromatic heterocycles. The molecule has 0 aliphatic heterocycles. The van der Waals surface area contributed by atoms with Crippen molar-refractivity contribution in [2.45, 2.75) is 0 Å². The standard InChI is InChI=1S/C21H14N4O2/c1-27-21-24-19(17-8-2-14(12-22)3-9-17)18(20-23-10-11-25(20)21)16-6-4-15(13-26)5-7-16/h2-11,13H,1H3. The Morgan fingerprint density at radius 1 is 1.07 bits per heavy atom. The molecule has 0 aliphatic carbocycles. The van der Waals surface area contributed by atoms with Crippen LogP contribution in [0.3, 0.4) is 0 Å². The summed E-state index contributed by atoms with van der Waals surface area (Å²) in [6.45, 7) is 0. The van der Waals surface area contributed by atoms with Crippen LogP contribution in [0.25, 0.3) is 28.0 Å². The van der Waals surface area contributed by atoms with Crippen molar-refractivity contribution in [2.75, 3.05) is 7.11 Å². The molecule has 130 valence electrons. The summed E-state index contributed by atoms with van der Waals surface area (Å²) in [7, 11) is 1.56. The highest BCUT2D eigenvalue weighted by Crippen LogP contribution is 2.35. The molecule has 0 atom stereocenters. The normalized spacial score (nSPS) is 10.5. The molecule has 0 N–H and O–H groups in total. The summed E-state index contributed by atoms with van der Waals surface area (Å²) >= 11 is 0. The lowest BCUT2D eigenvalue weighted by atomic mass is 9.98. The van der Waals surface area contributed by atoms with Gasteiger partial charge in [0.2, 0.25) is 0 Å². The van der Waals surface area contributed by atoms with Crippen molar-refractivity contribution < 1.29 is 9.53 Å². The van der Waals surface area contributed by atoms with Gasteiger partial charge in [0.15, 0.2) is 5.65 Å². The maximum Gasteiger partial charge on any atom is 0.302 e. The van der Waals surface area contributed by atoms with E-state index in [1.165, 1.54) is 0 Å². The first-order valence-electron chi connectivity index (χ1n) is 8.22. The number of nitriles is 1. The quantitative estimate of drug-likeness (QED) is 0.521. The molecule has 0 unspecified atom stereocenters. The van der Waals surface area contributed by atoms with Crippen molar-refractivity contribution >= 4 is 11.9 Å². The molecule has 0 radical (unpaired) electrons. The zero-order valence-electron chi connectivity index (χ0n) is 14.5. The number of ether oxygens (including phenoxy) is 1. The molecule has 6 nitrogen and oxygen atoms in total. The van der Waals surface area contributed by atoms with Crippen LogP contribution in [0, 0.1) is 11.3 Å². The average molecular weight is 354 g/mol. The fourth-order valence-corrected chi connectivity index (χ4v) is 3.00. The molecule has 2 aromatic carbocycles. The highest BCUT2D eigenvalue weighted by molar-refractivity contribution is 5.91. The summed E-state index contributed by atoms with van der Waals surface area (Å²) in [5.41, 5.74) is 5.10. The van der Waals surface area contributed by atoms with Gasteiger partial charge in [-0.15, -0.1) is 0 Å². The van der Waals surface area contributed by atoms with E-state index in [-0.39, 0.29) is 0 Å². The van der Waals surface area contributed by atoms with Crippen LogP contribution in [-0.2, 0) is 0 Å². The minimum Gasteiger partial charge on any atom is -0.468 e. The number of aldehydes is 1. The fourth-order valence-electron chi connectivity index (χ4n) is 3.00. The number of benzene rings is 2. The summed E-state index contributed by atoms with van der Waals surface area (Å²) in [4.78, 5) is 20.2. The Balaban J connectivity index is 2.03. The number of nitrogens with zero attached hydrogens (tertiary/aromatic N) is 4. The van der Waals surface area contributed by atoms with Gasteiger partial charge in [0.1, 0.15) is 6.29 Å². The Morgan fingerprint density at radius 2 is 1.78 bits per heavy atom. The van der Waals surface area contributed by atoms with E-state index >= 15 is 0 Å². The largest absolute Gasteiger partial charge is 0.468 e. The predicted octanol–water partition coefficient (Wildman–Crippen LogP) is 3.76. The first-order chi connectivity index (χ1) is 13.2. The molecule has 0 fully saturated rings. The van der Waals surface area contributed by atoms with Crippen molar-refractivity contribution in [3.8, 4) is 34.5 Å². The number of hydrogen-bond acceptors (Lipinski definition) is 5. The van der Waals surface area contributed by atoms with Crippen LogP contribution in [0.15, 0.2) is 60.9 Å². The molecule has 0 amide bonds. The number of rotatable bonds is 4. The summed E-state index contributed by atoms with van der Waals surface area (Å²) in [5.74, 6) is 0. The van der Waals surface area contributed by atoms with Crippen LogP contribution >= 0.6 is 0 Å². The minimum absolute atomic E-state index is 0.412. The molecule has 4 rings (SSSR count). The molecule has 0 aliphatic rings. The molecule has 4 aromatic rings. The second-order valence-electron chi connectivity index (χ2n) is 5.87. The van der Waals surface area contributed by atoms with Crippen LogP contribution < -0.4 is 4.74 Å². The Kier molecular flexibility index (Phi) is 4.11. The number of carbonyl (C=O) groups is 1. The van der Waals surface area contributed by atoms with Crippen molar-refractivity contribution in [3.63, 3.8) is 0 Å². The van der Waals surface area contributed by atoms with Gasteiger partial charge < -0.3 is 4.74 Å². The third-order valence-corrected chi connectivity index (χ3v) is 4.32. The topological polar surface area (TPSA) is 80.3 Å². The van der Waals surface area contributed by atoms with Crippen molar-refractivity contribution in [2.24, 2.45) is 0 Å². The third kappa shape index (κ3) is 2.81. The van der Waals surface area contributed by atoms with Gasteiger partial charge in [0.05, 0.1) is 30.0 Å². The molecule has 2 heterocycles. The van der Waals surface area contributed by atoms with E-state index in [9.17, 15) is 4.79 Å². The first kappa shape index (κ1) is 16.5. The smallest absolute Gasteiger partial charge is 0.302 e. The van der Waals surface area contributed by atoms with E-state index < -0.39 is 0 Å². The summed E-state index contributed by atoms with van der Waals surface area (Å²) in [6.07, 6.45) is 4.28. The third-order valence-electron chi connectivity index (χ3n) is 4.32. The fraction of sp³-hybridized carbons (Fsp3) is 0.0476. The van der Waals surface area contributed by atoms with Crippen LogP contribution in [0.5, 0.6) is 6.01 Å². The van der Waals surface area contributed by atoms with Gasteiger partial charge in [-0.25, -0.2) is 4.98 Å². The lowest BCUT2D eigenvalue weighted by Gasteiger charge is -2.14. The monoisotopic (exact) mass is 354 g/mol. The number of carbonyl (C=O) groups excluding carboxylic acids is 1. The SMILES string of the molecule is COc1nc(-c2ccc(C#N)cc2)c(-c2ccc(C=O)cc2)c2nccn12. The van der Waals surface area contributed by atoms with Gasteiger partial charge in [-0.3, -0.25) is 9.20 Å². The Labute approximate surface area is 155 Å². The number of imidazole rings is 1. The van der Waals surface area contributed by atoms with Crippen LogP contribution in [-0.4, -0.2) is 27.8 Å². The molecule has 27 heavy (non-hydrogen) atoms. The number of aromatic nitrogens is 3. The number of methoxy groups -OCH3 is 1. The minimum atomic E-state index is 0.412. The molecule has 0 saturated heterocycles. The summed E-state index contributed by atoms with van der Waals surface area (Å²) in [5, 5.41) is 9.05. The highest BCUT2D eigenvalue weighted by atomic mass is 16.5. The maximum absolute atomic E-state index is 11.0.